The van der Waals surface area contributed by atoms with Crippen molar-refractivity contribution < 1.29 is 9.63 Å². The number of aromatic nitrogens is 1. The van der Waals surface area contributed by atoms with Crippen LogP contribution in [-0.4, -0.2) is 16.9 Å². The number of hydrogen-bond donors (Lipinski definition) is 2. The predicted molar refractivity (Wildman–Crippen MR) is 66.5 cm³/mol. The molecule has 0 fully saturated rings. The third-order valence-corrected chi connectivity index (χ3v) is 2.97. The highest BCUT2D eigenvalue weighted by molar-refractivity contribution is 5.71. The van der Waals surface area contributed by atoms with E-state index < -0.39 is 0 Å². The summed E-state index contributed by atoms with van der Waals surface area (Å²) in [5.74, 6) is 0.319. The molecule has 0 bridgehead atoms. The van der Waals surface area contributed by atoms with Gasteiger partial charge in [-0.3, -0.25) is 0 Å². The molecule has 1 aromatic heterocycles. The summed E-state index contributed by atoms with van der Waals surface area (Å²) in [4.78, 5) is 0. The first-order valence-corrected chi connectivity index (χ1v) is 5.46. The molecule has 0 atom stereocenters. The van der Waals surface area contributed by atoms with E-state index in [2.05, 4.69) is 5.16 Å². The Balaban J connectivity index is 2.34. The molecule has 0 aliphatic heterocycles. The van der Waals surface area contributed by atoms with E-state index in [0.717, 1.165) is 16.7 Å². The van der Waals surface area contributed by atoms with Crippen LogP contribution in [0.5, 0.6) is 0 Å². The third kappa shape index (κ3) is 2.17. The fraction of sp³-hybridized carbons (Fsp3) is 0.308. The van der Waals surface area contributed by atoms with Gasteiger partial charge in [-0.1, -0.05) is 43.3 Å². The molecular formula is C13H16N2O2. The van der Waals surface area contributed by atoms with Crippen molar-refractivity contribution in [3.05, 3.63) is 36.0 Å². The van der Waals surface area contributed by atoms with Gasteiger partial charge in [-0.15, -0.1) is 0 Å². The van der Waals surface area contributed by atoms with E-state index in [-0.39, 0.29) is 12.0 Å². The van der Waals surface area contributed by atoms with E-state index in [1.54, 1.807) is 6.20 Å². The summed E-state index contributed by atoms with van der Waals surface area (Å²) >= 11 is 0. The quantitative estimate of drug-likeness (QED) is 0.850. The summed E-state index contributed by atoms with van der Waals surface area (Å²) in [6.45, 7) is 4.10. The second-order valence-electron chi connectivity index (χ2n) is 4.72. The van der Waals surface area contributed by atoms with Crippen molar-refractivity contribution in [3.8, 4) is 11.1 Å². The third-order valence-electron chi connectivity index (χ3n) is 2.97. The van der Waals surface area contributed by atoms with E-state index in [1.807, 2.05) is 38.1 Å². The topological polar surface area (TPSA) is 72.3 Å². The fourth-order valence-electron chi connectivity index (χ4n) is 1.66. The van der Waals surface area contributed by atoms with Gasteiger partial charge in [-0.05, 0) is 11.1 Å². The zero-order chi connectivity index (χ0) is 12.5. The van der Waals surface area contributed by atoms with E-state index in [1.165, 1.54) is 0 Å². The van der Waals surface area contributed by atoms with Gasteiger partial charge in [0.2, 0.25) is 5.88 Å². The van der Waals surface area contributed by atoms with Crippen molar-refractivity contribution in [2.75, 3.05) is 12.3 Å². The van der Waals surface area contributed by atoms with Crippen molar-refractivity contribution in [2.45, 2.75) is 19.3 Å². The summed E-state index contributed by atoms with van der Waals surface area (Å²) < 4.78 is 4.83. The van der Waals surface area contributed by atoms with Crippen LogP contribution in [0.3, 0.4) is 0 Å². The summed E-state index contributed by atoms with van der Waals surface area (Å²) in [6.07, 6.45) is 1.60. The van der Waals surface area contributed by atoms with Crippen LogP contribution in [0, 0.1) is 0 Å². The molecule has 1 aromatic carbocycles. The molecule has 4 nitrogen and oxygen atoms in total. The van der Waals surface area contributed by atoms with Gasteiger partial charge in [0, 0.05) is 5.41 Å². The summed E-state index contributed by atoms with van der Waals surface area (Å²) in [6, 6.07) is 7.88. The number of aliphatic hydroxyl groups excluding tert-OH is 1. The van der Waals surface area contributed by atoms with Crippen molar-refractivity contribution >= 4 is 5.88 Å². The maximum Gasteiger partial charge on any atom is 0.229 e. The second-order valence-corrected chi connectivity index (χ2v) is 4.72. The Morgan fingerprint density at radius 2 is 1.94 bits per heavy atom. The lowest BCUT2D eigenvalue weighted by Crippen LogP contribution is -2.21. The molecule has 0 aliphatic rings. The van der Waals surface area contributed by atoms with Gasteiger partial charge < -0.3 is 15.4 Å². The second kappa shape index (κ2) is 4.22. The lowest BCUT2D eigenvalue weighted by Gasteiger charge is -2.22. The van der Waals surface area contributed by atoms with E-state index in [9.17, 15) is 5.11 Å². The van der Waals surface area contributed by atoms with Gasteiger partial charge in [0.25, 0.3) is 0 Å². The Kier molecular flexibility index (Phi) is 2.90. The molecular weight excluding hydrogens is 216 g/mol. The largest absolute Gasteiger partial charge is 0.395 e. The Labute approximate surface area is 100 Å². The normalized spacial score (nSPS) is 11.7. The highest BCUT2D eigenvalue weighted by Gasteiger charge is 2.19. The number of aliphatic hydroxyl groups is 1. The van der Waals surface area contributed by atoms with Crippen LogP contribution in [0.2, 0.25) is 0 Å². The van der Waals surface area contributed by atoms with Crippen LogP contribution in [0.15, 0.2) is 35.0 Å². The highest BCUT2D eigenvalue weighted by Crippen LogP contribution is 2.28. The molecule has 2 rings (SSSR count). The minimum Gasteiger partial charge on any atom is -0.395 e. The highest BCUT2D eigenvalue weighted by atomic mass is 16.5. The number of rotatable bonds is 3. The number of nitrogen functional groups attached to an aromatic ring is 1. The maximum atomic E-state index is 9.30. The first kappa shape index (κ1) is 11.7. The maximum absolute atomic E-state index is 9.30. The van der Waals surface area contributed by atoms with Crippen molar-refractivity contribution in [1.29, 1.82) is 0 Å². The zero-order valence-electron chi connectivity index (χ0n) is 9.97. The zero-order valence-corrected chi connectivity index (χ0v) is 9.97. The number of hydrogen-bond acceptors (Lipinski definition) is 4. The van der Waals surface area contributed by atoms with Crippen LogP contribution in [0.25, 0.3) is 11.1 Å². The molecule has 4 heteroatoms. The predicted octanol–water partition coefficient (Wildman–Crippen LogP) is 2.19. The van der Waals surface area contributed by atoms with Crippen molar-refractivity contribution in [1.82, 2.24) is 5.16 Å². The summed E-state index contributed by atoms with van der Waals surface area (Å²) in [5.41, 5.74) is 8.25. The van der Waals surface area contributed by atoms with Crippen LogP contribution >= 0.6 is 0 Å². The first-order chi connectivity index (χ1) is 8.04. The monoisotopic (exact) mass is 232 g/mol. The molecule has 0 spiro atoms. The Morgan fingerprint density at radius 1 is 1.29 bits per heavy atom. The van der Waals surface area contributed by atoms with E-state index in [4.69, 9.17) is 10.3 Å². The average Bonchev–Trinajstić information content (AvgIpc) is 2.76. The first-order valence-electron chi connectivity index (χ1n) is 5.46. The molecule has 3 N–H and O–H groups in total. The SMILES string of the molecule is CC(C)(CO)c1ccc(-c2cnoc2N)cc1. The Hall–Kier alpha value is -1.81. The molecule has 2 aromatic rings. The molecule has 0 saturated heterocycles. The molecule has 1 heterocycles. The van der Waals surface area contributed by atoms with Crippen LogP contribution in [0.4, 0.5) is 5.88 Å². The number of nitrogens with zero attached hydrogens (tertiary/aromatic N) is 1. The molecule has 0 amide bonds. The lowest BCUT2D eigenvalue weighted by atomic mass is 9.85. The Morgan fingerprint density at radius 3 is 2.41 bits per heavy atom. The van der Waals surface area contributed by atoms with Gasteiger partial charge in [-0.25, -0.2) is 0 Å². The van der Waals surface area contributed by atoms with Gasteiger partial charge in [0.1, 0.15) is 0 Å². The molecule has 17 heavy (non-hydrogen) atoms. The summed E-state index contributed by atoms with van der Waals surface area (Å²) in [7, 11) is 0. The minimum atomic E-state index is -0.237. The van der Waals surface area contributed by atoms with Crippen LogP contribution < -0.4 is 5.73 Å². The summed E-state index contributed by atoms with van der Waals surface area (Å²) in [5, 5.41) is 12.9. The molecule has 0 aliphatic carbocycles. The van der Waals surface area contributed by atoms with Gasteiger partial charge in [-0.2, -0.15) is 0 Å². The molecule has 0 radical (unpaired) electrons. The van der Waals surface area contributed by atoms with E-state index in [0.29, 0.717) is 5.88 Å². The lowest BCUT2D eigenvalue weighted by molar-refractivity contribution is 0.218. The van der Waals surface area contributed by atoms with Crippen LogP contribution in [0.1, 0.15) is 19.4 Å². The van der Waals surface area contributed by atoms with Crippen molar-refractivity contribution in [2.24, 2.45) is 0 Å². The van der Waals surface area contributed by atoms with Crippen LogP contribution in [-0.2, 0) is 5.41 Å². The number of benzene rings is 1. The molecule has 90 valence electrons. The Bertz CT molecular complexity index is 500. The molecule has 0 unspecified atom stereocenters. The molecule has 0 saturated carbocycles. The van der Waals surface area contributed by atoms with Gasteiger partial charge in [0.15, 0.2) is 0 Å². The minimum absolute atomic E-state index is 0.113. The van der Waals surface area contributed by atoms with E-state index >= 15 is 0 Å². The van der Waals surface area contributed by atoms with Crippen molar-refractivity contribution in [3.63, 3.8) is 0 Å². The van der Waals surface area contributed by atoms with Gasteiger partial charge >= 0.3 is 0 Å². The standard InChI is InChI=1S/C13H16N2O2/c1-13(2,8-16)10-5-3-9(4-6-10)11-7-15-17-12(11)14/h3-7,16H,8,14H2,1-2H3. The number of nitrogens with two attached hydrogens (primary N) is 1. The average molecular weight is 232 g/mol. The van der Waals surface area contributed by atoms with Gasteiger partial charge in [0.05, 0.1) is 18.4 Å². The smallest absolute Gasteiger partial charge is 0.229 e. The fourth-order valence-corrected chi connectivity index (χ4v) is 1.66. The number of anilines is 1.